The van der Waals surface area contributed by atoms with Crippen LogP contribution in [-0.4, -0.2) is 19.5 Å². The molecule has 0 aliphatic heterocycles. The van der Waals surface area contributed by atoms with Crippen LogP contribution in [0.1, 0.15) is 0 Å². The van der Waals surface area contributed by atoms with E-state index in [-0.39, 0.29) is 0 Å². The van der Waals surface area contributed by atoms with Gasteiger partial charge in [-0.3, -0.25) is 0 Å². The summed E-state index contributed by atoms with van der Waals surface area (Å²) in [6.07, 6.45) is 0. The minimum absolute atomic E-state index is 0.647. The molecule has 0 bridgehead atoms. The van der Waals surface area contributed by atoms with Crippen LogP contribution in [0.15, 0.2) is 158 Å². The molecular weight excluding hydrogens is 581 g/mol. The van der Waals surface area contributed by atoms with E-state index < -0.39 is 0 Å². The summed E-state index contributed by atoms with van der Waals surface area (Å²) in [7, 11) is 0. The number of rotatable bonds is 5. The fourth-order valence-electron chi connectivity index (χ4n) is 6.34. The fourth-order valence-corrected chi connectivity index (χ4v) is 7.55. The third-order valence-corrected chi connectivity index (χ3v) is 9.64. The molecule has 0 saturated heterocycles. The molecule has 0 spiro atoms. The zero-order chi connectivity index (χ0) is 30.5. The lowest BCUT2D eigenvalue weighted by atomic mass is 10.0. The van der Waals surface area contributed by atoms with Crippen molar-refractivity contribution < 1.29 is 0 Å². The highest BCUT2D eigenvalue weighted by Crippen LogP contribution is 2.45. The van der Waals surface area contributed by atoms with E-state index in [1.165, 1.54) is 36.8 Å². The highest BCUT2D eigenvalue weighted by atomic mass is 32.1. The van der Waals surface area contributed by atoms with Crippen molar-refractivity contribution in [3.63, 3.8) is 0 Å². The Bertz CT molecular complexity index is 2460. The molecule has 4 nitrogen and oxygen atoms in total. The van der Waals surface area contributed by atoms with E-state index in [1.54, 1.807) is 0 Å². The molecule has 6 aromatic carbocycles. The largest absolute Gasteiger partial charge is 0.307 e. The monoisotopic (exact) mass is 606 g/mol. The molecule has 216 valence electrons. The zero-order valence-corrected chi connectivity index (χ0v) is 25.5. The Labute approximate surface area is 269 Å². The predicted molar refractivity (Wildman–Crippen MR) is 191 cm³/mol. The van der Waals surface area contributed by atoms with Crippen LogP contribution in [0, 0.1) is 0 Å². The van der Waals surface area contributed by atoms with Gasteiger partial charge in [0.05, 0.1) is 15.7 Å². The number of aromatic nitrogens is 4. The number of nitrogens with zero attached hydrogens (tertiary/aromatic N) is 4. The molecule has 9 aromatic rings. The summed E-state index contributed by atoms with van der Waals surface area (Å²) in [5.74, 6) is 1.95. The number of para-hydroxylation sites is 1. The lowest BCUT2D eigenvalue weighted by Crippen LogP contribution is -2.02. The van der Waals surface area contributed by atoms with Crippen molar-refractivity contribution in [3.05, 3.63) is 158 Å². The lowest BCUT2D eigenvalue weighted by molar-refractivity contribution is 1.07. The Morgan fingerprint density at radius 3 is 1.65 bits per heavy atom. The minimum atomic E-state index is 0.647. The van der Waals surface area contributed by atoms with Crippen molar-refractivity contribution in [2.75, 3.05) is 0 Å². The van der Waals surface area contributed by atoms with Gasteiger partial charge < -0.3 is 4.57 Å². The molecule has 0 aliphatic carbocycles. The van der Waals surface area contributed by atoms with Gasteiger partial charge in [-0.25, -0.2) is 15.0 Å². The first kappa shape index (κ1) is 26.5. The molecule has 0 amide bonds. The molecule has 0 saturated carbocycles. The van der Waals surface area contributed by atoms with Crippen molar-refractivity contribution in [2.45, 2.75) is 0 Å². The van der Waals surface area contributed by atoms with E-state index in [9.17, 15) is 0 Å². The zero-order valence-electron chi connectivity index (χ0n) is 24.7. The molecule has 0 aliphatic rings. The highest BCUT2D eigenvalue weighted by Gasteiger charge is 2.23. The standard InChI is InChI=1S/C41H26N4S/c1-4-14-27(15-5-1)30-20-12-21-31(26-30)45-36-33(38-37(45)32-22-10-11-25-35(32)46-38)23-13-24-34(36)41-43-39(28-16-6-2-7-17-28)42-40(44-41)29-18-8-3-9-19-29/h1-26H. The third kappa shape index (κ3) is 4.40. The summed E-state index contributed by atoms with van der Waals surface area (Å²) in [4.78, 5) is 15.2. The van der Waals surface area contributed by atoms with Crippen LogP contribution in [-0.2, 0) is 0 Å². The SMILES string of the molecule is c1ccc(-c2cccc(-n3c4c(-c5nc(-c6ccccc6)nc(-c6ccccc6)n5)cccc4c4sc5ccccc5c43)c2)cc1. The maximum atomic E-state index is 5.13. The van der Waals surface area contributed by atoms with E-state index >= 15 is 0 Å². The molecule has 0 radical (unpaired) electrons. The lowest BCUT2D eigenvalue weighted by Gasteiger charge is -2.14. The molecule has 0 fully saturated rings. The quantitative estimate of drug-likeness (QED) is 0.196. The predicted octanol–water partition coefficient (Wildman–Crippen LogP) is 10.9. The number of hydrogen-bond acceptors (Lipinski definition) is 4. The maximum absolute atomic E-state index is 5.13. The van der Waals surface area contributed by atoms with Gasteiger partial charge in [0, 0.05) is 37.9 Å². The van der Waals surface area contributed by atoms with Gasteiger partial charge in [-0.1, -0.05) is 133 Å². The van der Waals surface area contributed by atoms with E-state index in [2.05, 4.69) is 102 Å². The van der Waals surface area contributed by atoms with Crippen LogP contribution in [0.4, 0.5) is 0 Å². The van der Waals surface area contributed by atoms with Crippen molar-refractivity contribution >= 4 is 42.5 Å². The van der Waals surface area contributed by atoms with E-state index in [4.69, 9.17) is 15.0 Å². The fraction of sp³-hybridized carbons (Fsp3) is 0. The van der Waals surface area contributed by atoms with Crippen LogP contribution in [0.5, 0.6) is 0 Å². The van der Waals surface area contributed by atoms with Gasteiger partial charge in [0.2, 0.25) is 0 Å². The van der Waals surface area contributed by atoms with E-state index in [0.717, 1.165) is 27.9 Å². The Morgan fingerprint density at radius 1 is 0.413 bits per heavy atom. The first-order valence-corrected chi connectivity index (χ1v) is 16.1. The van der Waals surface area contributed by atoms with Gasteiger partial charge >= 0.3 is 0 Å². The number of hydrogen-bond donors (Lipinski definition) is 0. The van der Waals surface area contributed by atoms with Crippen molar-refractivity contribution in [2.24, 2.45) is 0 Å². The Morgan fingerprint density at radius 2 is 0.957 bits per heavy atom. The number of thiophene rings is 1. The highest BCUT2D eigenvalue weighted by molar-refractivity contribution is 7.26. The van der Waals surface area contributed by atoms with Crippen LogP contribution >= 0.6 is 11.3 Å². The molecule has 0 N–H and O–H groups in total. The van der Waals surface area contributed by atoms with E-state index in [1.807, 2.05) is 72.0 Å². The second-order valence-corrected chi connectivity index (χ2v) is 12.3. The number of fused-ring (bicyclic) bond motifs is 5. The van der Waals surface area contributed by atoms with Gasteiger partial charge in [-0.2, -0.15) is 0 Å². The normalized spacial score (nSPS) is 11.5. The summed E-state index contributed by atoms with van der Waals surface area (Å²) in [5, 5.41) is 2.42. The minimum Gasteiger partial charge on any atom is -0.307 e. The van der Waals surface area contributed by atoms with E-state index in [0.29, 0.717) is 17.5 Å². The van der Waals surface area contributed by atoms with Gasteiger partial charge in [0.15, 0.2) is 17.5 Å². The van der Waals surface area contributed by atoms with Crippen LogP contribution in [0.2, 0.25) is 0 Å². The molecule has 0 unspecified atom stereocenters. The third-order valence-electron chi connectivity index (χ3n) is 8.45. The first-order valence-electron chi connectivity index (χ1n) is 15.3. The summed E-state index contributed by atoms with van der Waals surface area (Å²) < 4.78 is 4.94. The summed E-state index contributed by atoms with van der Waals surface area (Å²) in [6.45, 7) is 0. The smallest absolute Gasteiger partial charge is 0.166 e. The topological polar surface area (TPSA) is 43.6 Å². The average molecular weight is 607 g/mol. The summed E-state index contributed by atoms with van der Waals surface area (Å²) in [5.41, 5.74) is 8.61. The van der Waals surface area contributed by atoms with Crippen molar-refractivity contribution in [1.29, 1.82) is 0 Å². The summed E-state index contributed by atoms with van der Waals surface area (Å²) in [6, 6.07) is 54.9. The second-order valence-electron chi connectivity index (χ2n) is 11.3. The molecule has 0 atom stereocenters. The molecule has 5 heteroatoms. The van der Waals surface area contributed by atoms with Crippen LogP contribution in [0.3, 0.4) is 0 Å². The van der Waals surface area contributed by atoms with Gasteiger partial charge in [-0.05, 0) is 35.4 Å². The molecule has 46 heavy (non-hydrogen) atoms. The van der Waals surface area contributed by atoms with Crippen molar-refractivity contribution in [1.82, 2.24) is 19.5 Å². The summed E-state index contributed by atoms with van der Waals surface area (Å²) >= 11 is 1.84. The molecule has 3 heterocycles. The average Bonchev–Trinajstić information content (AvgIpc) is 3.67. The molecule has 9 rings (SSSR count). The van der Waals surface area contributed by atoms with Gasteiger partial charge in [0.25, 0.3) is 0 Å². The van der Waals surface area contributed by atoms with Gasteiger partial charge in [0.1, 0.15) is 0 Å². The second kappa shape index (κ2) is 10.9. The number of benzene rings is 6. The Hall–Kier alpha value is -5.91. The Kier molecular flexibility index (Phi) is 6.28. The maximum Gasteiger partial charge on any atom is 0.166 e. The Balaban J connectivity index is 1.37. The van der Waals surface area contributed by atoms with Gasteiger partial charge in [-0.15, -0.1) is 11.3 Å². The first-order chi connectivity index (χ1) is 22.8. The van der Waals surface area contributed by atoms with Crippen molar-refractivity contribution in [3.8, 4) is 51.0 Å². The van der Waals surface area contributed by atoms with Crippen LogP contribution in [0.25, 0.3) is 82.2 Å². The molecular formula is C41H26N4S. The van der Waals surface area contributed by atoms with Crippen LogP contribution < -0.4 is 0 Å². The molecule has 3 aromatic heterocycles.